The molecule has 1 nitrogen and oxygen atoms in total. The van der Waals surface area contributed by atoms with Crippen LogP contribution in [0.3, 0.4) is 0 Å². The van der Waals surface area contributed by atoms with Crippen LogP contribution in [0.5, 0.6) is 0 Å². The molecule has 0 radical (unpaired) electrons. The van der Waals surface area contributed by atoms with Gasteiger partial charge in [0.2, 0.25) is 0 Å². The molecule has 1 aliphatic heterocycles. The molecule has 1 aromatic carbocycles. The van der Waals surface area contributed by atoms with E-state index >= 15 is 0 Å². The van der Waals surface area contributed by atoms with Crippen LogP contribution in [-0.2, 0) is 4.74 Å². The van der Waals surface area contributed by atoms with Gasteiger partial charge in [0.25, 0.3) is 0 Å². The number of aryl methyl sites for hydroxylation is 1. The largest absolute Gasteiger partial charge is 0.378 e. The summed E-state index contributed by atoms with van der Waals surface area (Å²) < 4.78 is 6.16. The van der Waals surface area contributed by atoms with Gasteiger partial charge in [-0.05, 0) is 31.7 Å². The minimum absolute atomic E-state index is 0.506. The number of unbranched alkanes of at least 4 members (excludes halogenated alkanes) is 1. The quantitative estimate of drug-likeness (QED) is 0.717. The highest BCUT2D eigenvalue weighted by molar-refractivity contribution is 6.91. The molecule has 0 bridgehead atoms. The lowest BCUT2D eigenvalue weighted by Gasteiger charge is -2.41. The van der Waals surface area contributed by atoms with E-state index in [1.165, 1.54) is 37.7 Å². The van der Waals surface area contributed by atoms with Crippen molar-refractivity contribution in [3.8, 4) is 0 Å². The van der Waals surface area contributed by atoms with Crippen molar-refractivity contribution in [2.45, 2.75) is 70.7 Å². The molecular formula is C18H30OSi. The molecule has 0 saturated carbocycles. The van der Waals surface area contributed by atoms with Gasteiger partial charge in [0, 0.05) is 6.61 Å². The average molecular weight is 291 g/mol. The molecule has 2 atom stereocenters. The van der Waals surface area contributed by atoms with Crippen molar-refractivity contribution in [1.29, 1.82) is 0 Å². The first kappa shape index (κ1) is 15.8. The predicted octanol–water partition coefficient (Wildman–Crippen LogP) is 4.65. The highest BCUT2D eigenvalue weighted by atomic mass is 28.3. The lowest BCUT2D eigenvalue weighted by molar-refractivity contribution is 0.00875. The Morgan fingerprint density at radius 3 is 2.55 bits per heavy atom. The third-order valence-corrected chi connectivity index (χ3v) is 9.34. The molecule has 0 unspecified atom stereocenters. The van der Waals surface area contributed by atoms with Crippen LogP contribution in [0.4, 0.5) is 0 Å². The lowest BCUT2D eigenvalue weighted by Crippen LogP contribution is -2.51. The topological polar surface area (TPSA) is 9.23 Å². The van der Waals surface area contributed by atoms with Gasteiger partial charge in [-0.2, -0.15) is 0 Å². The standard InChI is InChI=1S/C18H30OSi/c1-5-6-8-17-18(9-7-14-19-17)20(3,4)16-12-10-15(2)11-13-16/h10-13,17-18H,5-9,14H2,1-4H3/t17-,18+/m1/s1. The second-order valence-electron chi connectivity index (χ2n) is 6.89. The SMILES string of the molecule is CCCC[C@H]1OCCC[C@@H]1[Si](C)(C)c1ccc(C)cc1. The first-order valence-electron chi connectivity index (χ1n) is 8.24. The van der Waals surface area contributed by atoms with Crippen LogP contribution in [0.2, 0.25) is 18.6 Å². The Morgan fingerprint density at radius 1 is 1.20 bits per heavy atom. The Bertz CT molecular complexity index is 410. The first-order valence-corrected chi connectivity index (χ1v) is 11.3. The summed E-state index contributed by atoms with van der Waals surface area (Å²) in [4.78, 5) is 0. The minimum Gasteiger partial charge on any atom is -0.378 e. The molecule has 1 aliphatic rings. The van der Waals surface area contributed by atoms with E-state index in [1.807, 2.05) is 0 Å². The maximum Gasteiger partial charge on any atom is 0.0862 e. The molecule has 0 aliphatic carbocycles. The van der Waals surface area contributed by atoms with Gasteiger partial charge in [-0.25, -0.2) is 0 Å². The van der Waals surface area contributed by atoms with Crippen LogP contribution in [0.25, 0.3) is 0 Å². The van der Waals surface area contributed by atoms with Crippen molar-refractivity contribution in [1.82, 2.24) is 0 Å². The monoisotopic (exact) mass is 290 g/mol. The molecule has 1 aromatic rings. The van der Waals surface area contributed by atoms with E-state index in [9.17, 15) is 0 Å². The summed E-state index contributed by atoms with van der Waals surface area (Å²) in [6.07, 6.45) is 6.95. The van der Waals surface area contributed by atoms with E-state index in [0.717, 1.165) is 12.1 Å². The Balaban J connectivity index is 2.18. The van der Waals surface area contributed by atoms with Crippen molar-refractivity contribution in [2.24, 2.45) is 0 Å². The molecule has 2 rings (SSSR count). The van der Waals surface area contributed by atoms with E-state index in [-0.39, 0.29) is 0 Å². The van der Waals surface area contributed by atoms with E-state index < -0.39 is 8.07 Å². The Kier molecular flexibility index (Phi) is 5.45. The van der Waals surface area contributed by atoms with Crippen LogP contribution < -0.4 is 5.19 Å². The van der Waals surface area contributed by atoms with E-state index in [4.69, 9.17) is 4.74 Å². The summed E-state index contributed by atoms with van der Waals surface area (Å²) in [5.41, 5.74) is 2.14. The number of hydrogen-bond donors (Lipinski definition) is 0. The van der Waals surface area contributed by atoms with Crippen LogP contribution in [0.1, 0.15) is 44.6 Å². The van der Waals surface area contributed by atoms with Crippen LogP contribution in [0, 0.1) is 6.92 Å². The summed E-state index contributed by atoms with van der Waals surface area (Å²) in [5.74, 6) is 0. The van der Waals surface area contributed by atoms with Gasteiger partial charge in [0.1, 0.15) is 0 Å². The van der Waals surface area contributed by atoms with Gasteiger partial charge in [-0.15, -0.1) is 0 Å². The fraction of sp³-hybridized carbons (Fsp3) is 0.667. The van der Waals surface area contributed by atoms with Gasteiger partial charge in [0.15, 0.2) is 0 Å². The molecule has 1 saturated heterocycles. The second kappa shape index (κ2) is 6.90. The molecule has 1 fully saturated rings. The number of hydrogen-bond acceptors (Lipinski definition) is 1. The zero-order chi connectivity index (χ0) is 14.6. The van der Waals surface area contributed by atoms with Crippen LogP contribution >= 0.6 is 0 Å². The maximum absolute atomic E-state index is 6.16. The summed E-state index contributed by atoms with van der Waals surface area (Å²) in [6.45, 7) is 10.5. The van der Waals surface area contributed by atoms with Gasteiger partial charge in [0.05, 0.1) is 14.2 Å². The molecule has 0 aromatic heterocycles. The van der Waals surface area contributed by atoms with E-state index in [0.29, 0.717) is 6.10 Å². The van der Waals surface area contributed by atoms with Gasteiger partial charge < -0.3 is 4.74 Å². The fourth-order valence-corrected chi connectivity index (χ4v) is 7.12. The van der Waals surface area contributed by atoms with Crippen molar-refractivity contribution in [3.63, 3.8) is 0 Å². The van der Waals surface area contributed by atoms with Crippen LogP contribution in [0.15, 0.2) is 24.3 Å². The van der Waals surface area contributed by atoms with E-state index in [2.05, 4.69) is 51.2 Å². The highest BCUT2D eigenvalue weighted by Crippen LogP contribution is 2.37. The van der Waals surface area contributed by atoms with Crippen molar-refractivity contribution >= 4 is 13.3 Å². The smallest absolute Gasteiger partial charge is 0.0862 e. The molecule has 0 amide bonds. The summed E-state index contributed by atoms with van der Waals surface area (Å²) in [7, 11) is -1.44. The number of ether oxygens (including phenoxy) is 1. The molecule has 2 heteroatoms. The first-order chi connectivity index (χ1) is 9.55. The van der Waals surface area contributed by atoms with Crippen molar-refractivity contribution in [2.75, 3.05) is 6.61 Å². The Labute approximate surface area is 125 Å². The summed E-state index contributed by atoms with van der Waals surface area (Å²) in [5, 5.41) is 1.60. The predicted molar refractivity (Wildman–Crippen MR) is 90.5 cm³/mol. The molecule has 1 heterocycles. The third-order valence-electron chi connectivity index (χ3n) is 5.00. The molecule has 112 valence electrons. The zero-order valence-electron chi connectivity index (χ0n) is 13.6. The fourth-order valence-electron chi connectivity index (χ4n) is 3.55. The summed E-state index contributed by atoms with van der Waals surface area (Å²) >= 11 is 0. The third kappa shape index (κ3) is 3.53. The minimum atomic E-state index is -1.44. The molecule has 0 N–H and O–H groups in total. The Morgan fingerprint density at radius 2 is 1.90 bits per heavy atom. The lowest BCUT2D eigenvalue weighted by atomic mass is 10.0. The van der Waals surface area contributed by atoms with Gasteiger partial charge in [-0.1, -0.05) is 67.9 Å². The van der Waals surface area contributed by atoms with Crippen molar-refractivity contribution < 1.29 is 4.74 Å². The number of rotatable bonds is 5. The average Bonchev–Trinajstić information content (AvgIpc) is 2.46. The van der Waals surface area contributed by atoms with Crippen molar-refractivity contribution in [3.05, 3.63) is 29.8 Å². The van der Waals surface area contributed by atoms with E-state index in [1.54, 1.807) is 5.19 Å². The number of benzene rings is 1. The molecular weight excluding hydrogens is 260 g/mol. The zero-order valence-corrected chi connectivity index (χ0v) is 14.6. The second-order valence-corrected chi connectivity index (χ2v) is 11.7. The highest BCUT2D eigenvalue weighted by Gasteiger charge is 2.40. The van der Waals surface area contributed by atoms with Gasteiger partial charge >= 0.3 is 0 Å². The van der Waals surface area contributed by atoms with Crippen LogP contribution in [-0.4, -0.2) is 20.8 Å². The summed E-state index contributed by atoms with van der Waals surface area (Å²) in [6, 6.07) is 9.28. The Hall–Kier alpha value is -0.603. The maximum atomic E-state index is 6.16. The van der Waals surface area contributed by atoms with Gasteiger partial charge in [-0.3, -0.25) is 0 Å². The normalized spacial score (nSPS) is 23.8. The molecule has 20 heavy (non-hydrogen) atoms. The molecule has 0 spiro atoms.